The molecular formula is C15H33N9. The Kier molecular flexibility index (Phi) is 24.9. The fourth-order valence-electron chi connectivity index (χ4n) is 0.817. The van der Waals surface area contributed by atoms with Crippen LogP contribution in [0, 0.1) is 0 Å². The molecule has 0 aliphatic rings. The fourth-order valence-corrected chi connectivity index (χ4v) is 0.817. The van der Waals surface area contributed by atoms with Crippen molar-refractivity contribution in [3.05, 3.63) is 37.4 Å². The van der Waals surface area contributed by atoms with Crippen LogP contribution in [0.25, 0.3) is 0 Å². The Balaban J connectivity index is -0.000000239. The van der Waals surface area contributed by atoms with Gasteiger partial charge < -0.3 is 0 Å². The van der Waals surface area contributed by atoms with Crippen LogP contribution in [0.5, 0.6) is 0 Å². The lowest BCUT2D eigenvalue weighted by Crippen LogP contribution is -1.89. The first-order valence-electron chi connectivity index (χ1n) is 8.07. The summed E-state index contributed by atoms with van der Waals surface area (Å²) in [6.07, 6.45) is 9.83. The molecule has 3 aromatic heterocycles. The molecule has 0 fully saturated rings. The molecule has 3 rings (SSSR count). The van der Waals surface area contributed by atoms with Crippen LogP contribution in [0.1, 0.15) is 41.5 Å². The first-order valence-corrected chi connectivity index (χ1v) is 8.07. The standard InChI is InChI=1S/3C3H5N3.3C2H6/c1-6-3-4-2-5-6;1-6-3-2-4-5-6;1-6-4-2-3-5-6;3*1-2/h3*2-3H,1H3;3*1-2H3. The topological polar surface area (TPSA) is 92.1 Å². The maximum Gasteiger partial charge on any atom is 0.137 e. The van der Waals surface area contributed by atoms with Gasteiger partial charge in [-0.05, 0) is 0 Å². The molecule has 3 aromatic rings. The molecule has 0 saturated carbocycles. The van der Waals surface area contributed by atoms with Gasteiger partial charge in [0.2, 0.25) is 0 Å². The maximum absolute atomic E-state index is 3.72. The normalized spacial score (nSPS) is 7.38. The van der Waals surface area contributed by atoms with Crippen molar-refractivity contribution < 1.29 is 0 Å². The second kappa shape index (κ2) is 22.7. The van der Waals surface area contributed by atoms with Crippen molar-refractivity contribution in [2.75, 3.05) is 0 Å². The van der Waals surface area contributed by atoms with E-state index in [4.69, 9.17) is 0 Å². The zero-order valence-corrected chi connectivity index (χ0v) is 16.5. The van der Waals surface area contributed by atoms with Gasteiger partial charge in [-0.1, -0.05) is 46.8 Å². The molecule has 3 heterocycles. The minimum absolute atomic E-state index is 1.50. The van der Waals surface area contributed by atoms with E-state index in [9.17, 15) is 0 Å². The molecule has 9 heteroatoms. The van der Waals surface area contributed by atoms with Crippen LogP contribution in [0.15, 0.2) is 37.4 Å². The van der Waals surface area contributed by atoms with Crippen LogP contribution in [0.3, 0.4) is 0 Å². The monoisotopic (exact) mass is 339 g/mol. The Hall–Kier alpha value is -2.58. The first kappa shape index (κ1) is 26.3. The summed E-state index contributed by atoms with van der Waals surface area (Å²) in [4.78, 5) is 5.17. The molecule has 0 N–H and O–H groups in total. The van der Waals surface area contributed by atoms with E-state index in [2.05, 4.69) is 30.6 Å². The molecular weight excluding hydrogens is 306 g/mol. The molecule has 0 atom stereocenters. The summed E-state index contributed by atoms with van der Waals surface area (Å²) in [5.74, 6) is 0. The molecule has 24 heavy (non-hydrogen) atoms. The van der Waals surface area contributed by atoms with Gasteiger partial charge >= 0.3 is 0 Å². The smallest absolute Gasteiger partial charge is 0.137 e. The average molecular weight is 339 g/mol. The van der Waals surface area contributed by atoms with Crippen molar-refractivity contribution in [1.29, 1.82) is 0 Å². The van der Waals surface area contributed by atoms with E-state index >= 15 is 0 Å². The molecule has 0 bridgehead atoms. The Morgan fingerprint density at radius 2 is 1.21 bits per heavy atom. The predicted octanol–water partition coefficient (Wildman–Crippen LogP) is 2.52. The van der Waals surface area contributed by atoms with Gasteiger partial charge in [0, 0.05) is 27.3 Å². The molecule has 0 amide bonds. The summed E-state index contributed by atoms with van der Waals surface area (Å²) in [6.45, 7) is 12.0. The lowest BCUT2D eigenvalue weighted by molar-refractivity contribution is 0.654. The van der Waals surface area contributed by atoms with Gasteiger partial charge in [0.15, 0.2) is 0 Å². The molecule has 0 aromatic carbocycles. The van der Waals surface area contributed by atoms with Gasteiger partial charge in [0.1, 0.15) is 12.7 Å². The summed E-state index contributed by atoms with van der Waals surface area (Å²) < 4.78 is 3.28. The number of hydrogen-bond acceptors (Lipinski definition) is 6. The quantitative estimate of drug-likeness (QED) is 0.625. The maximum atomic E-state index is 3.72. The summed E-state index contributed by atoms with van der Waals surface area (Å²) in [5.41, 5.74) is 0. The highest BCUT2D eigenvalue weighted by atomic mass is 15.4. The van der Waals surface area contributed by atoms with Crippen molar-refractivity contribution in [3.63, 3.8) is 0 Å². The van der Waals surface area contributed by atoms with Crippen LogP contribution in [0.2, 0.25) is 0 Å². The SMILES string of the molecule is CC.CC.CC.Cn1ccnn1.Cn1cncn1.Cn1nccn1. The van der Waals surface area contributed by atoms with Gasteiger partial charge in [-0.25, -0.2) is 4.98 Å². The van der Waals surface area contributed by atoms with Crippen molar-refractivity contribution in [1.82, 2.24) is 44.8 Å². The lowest BCUT2D eigenvalue weighted by Gasteiger charge is -1.75. The average Bonchev–Trinajstić information content (AvgIpc) is 3.40. The molecule has 0 aliphatic carbocycles. The van der Waals surface area contributed by atoms with E-state index in [0.717, 1.165) is 0 Å². The highest BCUT2D eigenvalue weighted by molar-refractivity contribution is 4.59. The number of aryl methyl sites for hydroxylation is 3. The summed E-state index contributed by atoms with van der Waals surface area (Å²) in [6, 6.07) is 0. The second-order valence-corrected chi connectivity index (χ2v) is 3.16. The van der Waals surface area contributed by atoms with E-state index in [0.29, 0.717) is 0 Å². The van der Waals surface area contributed by atoms with Gasteiger partial charge in [-0.2, -0.15) is 20.1 Å². The Morgan fingerprint density at radius 1 is 0.667 bits per heavy atom. The zero-order chi connectivity index (χ0) is 19.2. The Bertz CT molecular complexity index is 410. The summed E-state index contributed by atoms with van der Waals surface area (Å²) in [7, 11) is 5.43. The van der Waals surface area contributed by atoms with Crippen LogP contribution in [-0.2, 0) is 21.1 Å². The molecule has 0 spiro atoms. The van der Waals surface area contributed by atoms with Crippen LogP contribution >= 0.6 is 0 Å². The van der Waals surface area contributed by atoms with E-state index in [-0.39, 0.29) is 0 Å². The van der Waals surface area contributed by atoms with Crippen LogP contribution in [-0.4, -0.2) is 44.8 Å². The van der Waals surface area contributed by atoms with Gasteiger partial charge in [0.05, 0.1) is 18.6 Å². The number of nitrogens with zero attached hydrogens (tertiary/aromatic N) is 9. The van der Waals surface area contributed by atoms with E-state index in [1.165, 1.54) is 11.1 Å². The molecule has 0 radical (unpaired) electrons. The highest BCUT2D eigenvalue weighted by Gasteiger charge is 1.71. The highest BCUT2D eigenvalue weighted by Crippen LogP contribution is 1.66. The van der Waals surface area contributed by atoms with E-state index in [1.807, 2.05) is 55.6 Å². The first-order chi connectivity index (χ1) is 11.7. The van der Waals surface area contributed by atoms with Crippen molar-refractivity contribution in [2.45, 2.75) is 41.5 Å². The third-order valence-corrected chi connectivity index (χ3v) is 1.61. The third kappa shape index (κ3) is 19.4. The molecule has 138 valence electrons. The molecule has 9 nitrogen and oxygen atoms in total. The number of hydrogen-bond donors (Lipinski definition) is 0. The fraction of sp³-hybridized carbons (Fsp3) is 0.600. The minimum atomic E-state index is 1.50. The summed E-state index contributed by atoms with van der Waals surface area (Å²) in [5, 5.41) is 18.3. The second-order valence-electron chi connectivity index (χ2n) is 3.16. The minimum Gasteiger partial charge on any atom is -0.256 e. The van der Waals surface area contributed by atoms with Crippen molar-refractivity contribution in [3.8, 4) is 0 Å². The summed E-state index contributed by atoms with van der Waals surface area (Å²) >= 11 is 0. The van der Waals surface area contributed by atoms with Gasteiger partial charge in [0.25, 0.3) is 0 Å². The van der Waals surface area contributed by atoms with Crippen molar-refractivity contribution >= 4 is 0 Å². The van der Waals surface area contributed by atoms with Gasteiger partial charge in [-0.15, -0.1) is 5.10 Å². The predicted molar refractivity (Wildman–Crippen MR) is 97.1 cm³/mol. The molecule has 0 aliphatic heterocycles. The zero-order valence-electron chi connectivity index (χ0n) is 16.5. The Morgan fingerprint density at radius 3 is 1.33 bits per heavy atom. The van der Waals surface area contributed by atoms with Crippen LogP contribution in [0.4, 0.5) is 0 Å². The molecule has 0 saturated heterocycles. The largest absolute Gasteiger partial charge is 0.256 e. The third-order valence-electron chi connectivity index (χ3n) is 1.61. The van der Waals surface area contributed by atoms with Crippen molar-refractivity contribution in [2.24, 2.45) is 21.1 Å². The number of aromatic nitrogens is 9. The molecule has 0 unspecified atom stereocenters. The number of rotatable bonds is 0. The van der Waals surface area contributed by atoms with Gasteiger partial charge in [-0.3, -0.25) is 9.36 Å². The van der Waals surface area contributed by atoms with E-state index < -0.39 is 0 Å². The Labute approximate surface area is 145 Å². The van der Waals surface area contributed by atoms with Crippen LogP contribution < -0.4 is 0 Å². The van der Waals surface area contributed by atoms with E-state index in [1.54, 1.807) is 47.5 Å². The lowest BCUT2D eigenvalue weighted by atomic mass is 10.9.